The third-order valence-corrected chi connectivity index (χ3v) is 4.99. The molecule has 2 heterocycles. The molecule has 2 N–H and O–H groups in total. The van der Waals surface area contributed by atoms with Gasteiger partial charge in [0.2, 0.25) is 5.95 Å². The fourth-order valence-electron chi connectivity index (χ4n) is 3.72. The molecule has 144 valence electrons. The third kappa shape index (κ3) is 4.60. The van der Waals surface area contributed by atoms with Gasteiger partial charge in [0.25, 0.3) is 0 Å². The number of piperidine rings is 1. The Balaban J connectivity index is 1.44. The van der Waals surface area contributed by atoms with Crippen LogP contribution in [0.4, 0.5) is 28.8 Å². The van der Waals surface area contributed by atoms with Gasteiger partial charge in [0.15, 0.2) is 0 Å². The number of rotatable bonds is 5. The number of hydrogen-bond donors (Lipinski definition) is 2. The molecule has 1 saturated heterocycles. The van der Waals surface area contributed by atoms with Crippen molar-refractivity contribution in [3.05, 3.63) is 65.9 Å². The summed E-state index contributed by atoms with van der Waals surface area (Å²) in [5.41, 5.74) is 5.76. The summed E-state index contributed by atoms with van der Waals surface area (Å²) in [5, 5.41) is 6.67. The highest BCUT2D eigenvalue weighted by atomic mass is 15.1. The first-order valence-electron chi connectivity index (χ1n) is 9.96. The largest absolute Gasteiger partial charge is 0.372 e. The van der Waals surface area contributed by atoms with Crippen LogP contribution in [0.3, 0.4) is 0 Å². The van der Waals surface area contributed by atoms with Gasteiger partial charge in [0, 0.05) is 36.3 Å². The van der Waals surface area contributed by atoms with Gasteiger partial charge >= 0.3 is 0 Å². The summed E-state index contributed by atoms with van der Waals surface area (Å²) in [6.07, 6.45) is 5.69. The van der Waals surface area contributed by atoms with Gasteiger partial charge in [0.05, 0.1) is 0 Å². The molecule has 1 aliphatic heterocycles. The molecule has 1 aromatic heterocycles. The minimum Gasteiger partial charge on any atom is -0.372 e. The van der Waals surface area contributed by atoms with Gasteiger partial charge in [-0.15, -0.1) is 0 Å². The standard InChI is InChI=1S/C23H27N5/c1-17-14-18(2)16-20(15-17)25-22-10-11-24-23(27-22)26-19-6-8-21(9-7-19)28-12-4-3-5-13-28/h6-11,14-16H,3-5,12-13H2,1-2H3,(H2,24,25,26,27). The van der Waals surface area contributed by atoms with Crippen LogP contribution < -0.4 is 15.5 Å². The Kier molecular flexibility index (Phi) is 5.42. The molecule has 2 aromatic carbocycles. The zero-order valence-electron chi connectivity index (χ0n) is 16.6. The Labute approximate surface area is 166 Å². The van der Waals surface area contributed by atoms with Gasteiger partial charge in [-0.3, -0.25) is 0 Å². The second-order valence-electron chi connectivity index (χ2n) is 7.49. The molecule has 0 saturated carbocycles. The highest BCUT2D eigenvalue weighted by Gasteiger charge is 2.10. The minimum atomic E-state index is 0.583. The molecule has 0 spiro atoms. The molecule has 0 radical (unpaired) electrons. The van der Waals surface area contributed by atoms with E-state index in [9.17, 15) is 0 Å². The van der Waals surface area contributed by atoms with Crippen molar-refractivity contribution in [3.8, 4) is 0 Å². The predicted octanol–water partition coefficient (Wildman–Crippen LogP) is 5.57. The number of hydrogen-bond acceptors (Lipinski definition) is 5. The van der Waals surface area contributed by atoms with E-state index in [1.165, 1.54) is 36.1 Å². The third-order valence-electron chi connectivity index (χ3n) is 4.99. The van der Waals surface area contributed by atoms with Crippen LogP contribution in [-0.4, -0.2) is 23.1 Å². The number of aromatic nitrogens is 2. The van der Waals surface area contributed by atoms with Crippen molar-refractivity contribution < 1.29 is 0 Å². The van der Waals surface area contributed by atoms with Gasteiger partial charge in [-0.2, -0.15) is 4.98 Å². The molecule has 3 aromatic rings. The van der Waals surface area contributed by atoms with Crippen LogP contribution in [0.5, 0.6) is 0 Å². The van der Waals surface area contributed by atoms with Crippen molar-refractivity contribution in [2.75, 3.05) is 28.6 Å². The molecular weight excluding hydrogens is 346 g/mol. The van der Waals surface area contributed by atoms with Gasteiger partial charge in [-0.1, -0.05) is 6.07 Å². The van der Waals surface area contributed by atoms with Crippen LogP contribution >= 0.6 is 0 Å². The quantitative estimate of drug-likeness (QED) is 0.612. The van der Waals surface area contributed by atoms with E-state index in [1.54, 1.807) is 6.20 Å². The molecular formula is C23H27N5. The van der Waals surface area contributed by atoms with Crippen LogP contribution in [0.25, 0.3) is 0 Å². The Bertz CT molecular complexity index is 910. The van der Waals surface area contributed by atoms with E-state index in [-0.39, 0.29) is 0 Å². The summed E-state index contributed by atoms with van der Waals surface area (Å²) in [5.74, 6) is 1.35. The maximum Gasteiger partial charge on any atom is 0.229 e. The molecule has 0 amide bonds. The fraction of sp³-hybridized carbons (Fsp3) is 0.304. The molecule has 0 unspecified atom stereocenters. The van der Waals surface area contributed by atoms with Gasteiger partial charge in [0.1, 0.15) is 5.82 Å². The van der Waals surface area contributed by atoms with Gasteiger partial charge < -0.3 is 15.5 Å². The Morgan fingerprint density at radius 3 is 2.21 bits per heavy atom. The normalized spacial score (nSPS) is 14.0. The first kappa shape index (κ1) is 18.3. The number of anilines is 5. The van der Waals surface area contributed by atoms with Gasteiger partial charge in [-0.05, 0) is 86.7 Å². The maximum absolute atomic E-state index is 4.59. The SMILES string of the molecule is Cc1cc(C)cc(Nc2ccnc(Nc3ccc(N4CCCCC4)cc3)n2)c1. The molecule has 1 aliphatic rings. The van der Waals surface area contributed by atoms with Crippen LogP contribution in [0.2, 0.25) is 0 Å². The average Bonchev–Trinajstić information content (AvgIpc) is 2.69. The van der Waals surface area contributed by atoms with E-state index in [0.717, 1.165) is 30.3 Å². The van der Waals surface area contributed by atoms with E-state index in [1.807, 2.05) is 6.07 Å². The summed E-state index contributed by atoms with van der Waals surface area (Å²) in [6, 6.07) is 16.8. The number of nitrogens with zero attached hydrogens (tertiary/aromatic N) is 3. The Morgan fingerprint density at radius 1 is 0.786 bits per heavy atom. The number of aryl methyl sites for hydroxylation is 2. The Morgan fingerprint density at radius 2 is 1.50 bits per heavy atom. The van der Waals surface area contributed by atoms with E-state index in [0.29, 0.717) is 5.95 Å². The van der Waals surface area contributed by atoms with E-state index in [2.05, 4.69) is 81.8 Å². The lowest BCUT2D eigenvalue weighted by Gasteiger charge is -2.28. The first-order valence-corrected chi connectivity index (χ1v) is 9.96. The first-order chi connectivity index (χ1) is 13.7. The monoisotopic (exact) mass is 373 g/mol. The summed E-state index contributed by atoms with van der Waals surface area (Å²) >= 11 is 0. The smallest absolute Gasteiger partial charge is 0.229 e. The van der Waals surface area contributed by atoms with Crippen molar-refractivity contribution in [2.45, 2.75) is 33.1 Å². The van der Waals surface area contributed by atoms with Crippen molar-refractivity contribution in [1.82, 2.24) is 9.97 Å². The minimum absolute atomic E-state index is 0.583. The highest BCUT2D eigenvalue weighted by molar-refractivity contribution is 5.62. The molecule has 5 nitrogen and oxygen atoms in total. The van der Waals surface area contributed by atoms with Gasteiger partial charge in [-0.25, -0.2) is 4.98 Å². The lowest BCUT2D eigenvalue weighted by atomic mass is 10.1. The molecule has 1 fully saturated rings. The predicted molar refractivity (Wildman–Crippen MR) is 117 cm³/mol. The summed E-state index contributed by atoms with van der Waals surface area (Å²) < 4.78 is 0. The highest BCUT2D eigenvalue weighted by Crippen LogP contribution is 2.24. The van der Waals surface area contributed by atoms with Crippen molar-refractivity contribution >= 4 is 28.8 Å². The topological polar surface area (TPSA) is 53.1 Å². The van der Waals surface area contributed by atoms with Crippen LogP contribution in [0.15, 0.2) is 54.7 Å². The number of benzene rings is 2. The lowest BCUT2D eigenvalue weighted by molar-refractivity contribution is 0.578. The van der Waals surface area contributed by atoms with E-state index >= 15 is 0 Å². The molecule has 28 heavy (non-hydrogen) atoms. The maximum atomic E-state index is 4.59. The van der Waals surface area contributed by atoms with E-state index < -0.39 is 0 Å². The lowest BCUT2D eigenvalue weighted by Crippen LogP contribution is -2.29. The molecule has 0 atom stereocenters. The van der Waals surface area contributed by atoms with Crippen molar-refractivity contribution in [2.24, 2.45) is 0 Å². The second kappa shape index (κ2) is 8.30. The molecule has 0 aliphatic carbocycles. The average molecular weight is 374 g/mol. The van der Waals surface area contributed by atoms with E-state index in [4.69, 9.17) is 0 Å². The fourth-order valence-corrected chi connectivity index (χ4v) is 3.72. The van der Waals surface area contributed by atoms with Crippen LogP contribution in [-0.2, 0) is 0 Å². The molecule has 4 rings (SSSR count). The van der Waals surface area contributed by atoms with Crippen LogP contribution in [0.1, 0.15) is 30.4 Å². The second-order valence-corrected chi connectivity index (χ2v) is 7.49. The summed E-state index contributed by atoms with van der Waals surface area (Å²) in [7, 11) is 0. The molecule has 0 bridgehead atoms. The number of nitrogens with one attached hydrogen (secondary N) is 2. The van der Waals surface area contributed by atoms with Crippen molar-refractivity contribution in [3.63, 3.8) is 0 Å². The summed E-state index contributed by atoms with van der Waals surface area (Å²) in [4.78, 5) is 11.4. The summed E-state index contributed by atoms with van der Waals surface area (Å²) in [6.45, 7) is 6.50. The molecule has 5 heteroatoms. The van der Waals surface area contributed by atoms with Crippen molar-refractivity contribution in [1.29, 1.82) is 0 Å². The zero-order chi connectivity index (χ0) is 19.3. The zero-order valence-corrected chi connectivity index (χ0v) is 16.6. The Hall–Kier alpha value is -3.08. The van der Waals surface area contributed by atoms with Crippen LogP contribution in [0, 0.1) is 13.8 Å².